The predicted octanol–water partition coefficient (Wildman–Crippen LogP) is 4.78. The minimum Gasteiger partial charge on any atom is -0.493 e. The lowest BCUT2D eigenvalue weighted by molar-refractivity contribution is 0.0910. The molecule has 1 N–H and O–H groups in total. The molecule has 0 saturated carbocycles. The number of nitrogens with zero attached hydrogens (tertiary/aromatic N) is 1. The van der Waals surface area contributed by atoms with Crippen LogP contribution in [0.1, 0.15) is 33.6 Å². The van der Waals surface area contributed by atoms with Crippen LogP contribution in [0.2, 0.25) is 0 Å². The third-order valence-corrected chi connectivity index (χ3v) is 4.72. The lowest BCUT2D eigenvalue weighted by Gasteiger charge is -2.18. The second-order valence-electron chi connectivity index (χ2n) is 6.78. The molecule has 156 valence electrons. The molecule has 4 aromatic rings. The number of hydrogen-bond donors (Lipinski definition) is 1. The van der Waals surface area contributed by atoms with Crippen molar-refractivity contribution in [3.8, 4) is 11.5 Å². The molecule has 0 aliphatic heterocycles. The van der Waals surface area contributed by atoms with Crippen LogP contribution in [0.4, 0.5) is 0 Å². The lowest BCUT2D eigenvalue weighted by atomic mass is 10.0. The first-order valence-electron chi connectivity index (χ1n) is 9.86. The minimum atomic E-state index is -0.395. The van der Waals surface area contributed by atoms with Crippen LogP contribution in [0, 0.1) is 0 Å². The maximum absolute atomic E-state index is 12.9. The summed E-state index contributed by atoms with van der Waals surface area (Å²) >= 11 is 0. The largest absolute Gasteiger partial charge is 0.493 e. The number of aromatic nitrogens is 1. The number of carbonyl (C=O) groups is 1. The monoisotopic (exact) mass is 414 g/mol. The van der Waals surface area contributed by atoms with Crippen LogP contribution in [0.25, 0.3) is 0 Å². The van der Waals surface area contributed by atoms with E-state index in [1.165, 1.54) is 0 Å². The number of benzene rings is 2. The fourth-order valence-corrected chi connectivity index (χ4v) is 3.19. The summed E-state index contributed by atoms with van der Waals surface area (Å²) in [6.07, 6.45) is 1.71. The van der Waals surface area contributed by atoms with Crippen LogP contribution in [0.5, 0.6) is 11.5 Å². The second-order valence-corrected chi connectivity index (χ2v) is 6.78. The van der Waals surface area contributed by atoms with Gasteiger partial charge in [-0.15, -0.1) is 0 Å². The highest BCUT2D eigenvalue weighted by molar-refractivity contribution is 5.92. The normalized spacial score (nSPS) is 11.5. The van der Waals surface area contributed by atoms with Crippen molar-refractivity contribution in [1.29, 1.82) is 0 Å². The Hall–Kier alpha value is -4.06. The molecule has 2 heterocycles. The first-order chi connectivity index (χ1) is 15.2. The summed E-state index contributed by atoms with van der Waals surface area (Å²) in [5.74, 6) is 1.64. The first kappa shape index (κ1) is 20.2. The average molecular weight is 414 g/mol. The second kappa shape index (κ2) is 9.63. The number of amides is 1. The zero-order valence-corrected chi connectivity index (χ0v) is 17.0. The first-order valence-corrected chi connectivity index (χ1v) is 9.86. The average Bonchev–Trinajstić information content (AvgIpc) is 3.31. The molecule has 0 fully saturated rings. The SMILES string of the molecule is COc1ccccc1OCc1ccc(C(=O)N[C@@H](c2ccccc2)c2ccccn2)o1. The molecule has 0 spiro atoms. The molecule has 2 aromatic heterocycles. The van der Waals surface area contributed by atoms with Crippen LogP contribution in [-0.2, 0) is 6.61 Å². The molecule has 6 heteroatoms. The van der Waals surface area contributed by atoms with Gasteiger partial charge in [0.15, 0.2) is 17.3 Å². The van der Waals surface area contributed by atoms with Gasteiger partial charge < -0.3 is 19.2 Å². The van der Waals surface area contributed by atoms with Crippen molar-refractivity contribution in [2.24, 2.45) is 0 Å². The van der Waals surface area contributed by atoms with E-state index >= 15 is 0 Å². The van der Waals surface area contributed by atoms with Gasteiger partial charge in [0.25, 0.3) is 5.91 Å². The van der Waals surface area contributed by atoms with E-state index in [4.69, 9.17) is 13.9 Å². The highest BCUT2D eigenvalue weighted by Crippen LogP contribution is 2.27. The number of hydrogen-bond acceptors (Lipinski definition) is 5. The van der Waals surface area contributed by atoms with Crippen LogP contribution < -0.4 is 14.8 Å². The van der Waals surface area contributed by atoms with Crippen molar-refractivity contribution < 1.29 is 18.7 Å². The number of nitrogens with one attached hydrogen (secondary N) is 1. The standard InChI is InChI=1S/C25H22N2O4/c1-29-21-12-5-6-13-22(21)30-17-19-14-15-23(31-19)25(28)27-24(18-9-3-2-4-10-18)20-11-7-8-16-26-20/h2-16,24H,17H2,1H3,(H,27,28)/t24-/m0/s1. The van der Waals surface area contributed by atoms with Crippen LogP contribution in [-0.4, -0.2) is 18.0 Å². The fraction of sp³-hybridized carbons (Fsp3) is 0.120. The van der Waals surface area contributed by atoms with Crippen molar-refractivity contribution in [3.05, 3.63) is 114 Å². The Bertz CT molecular complexity index is 1090. The quantitative estimate of drug-likeness (QED) is 0.449. The number of para-hydroxylation sites is 2. The van der Waals surface area contributed by atoms with Crippen molar-refractivity contribution in [3.63, 3.8) is 0 Å². The highest BCUT2D eigenvalue weighted by atomic mass is 16.5. The van der Waals surface area contributed by atoms with Gasteiger partial charge in [0, 0.05) is 6.20 Å². The molecule has 1 amide bonds. The summed E-state index contributed by atoms with van der Waals surface area (Å²) in [5, 5.41) is 3.02. The molecule has 4 rings (SSSR count). The molecular weight excluding hydrogens is 392 g/mol. The molecule has 0 unspecified atom stereocenters. The number of furan rings is 1. The van der Waals surface area contributed by atoms with Gasteiger partial charge in [-0.05, 0) is 42.0 Å². The van der Waals surface area contributed by atoms with E-state index < -0.39 is 6.04 Å². The molecule has 0 saturated heterocycles. The van der Waals surface area contributed by atoms with Gasteiger partial charge >= 0.3 is 0 Å². The smallest absolute Gasteiger partial charge is 0.287 e. The summed E-state index contributed by atoms with van der Waals surface area (Å²) < 4.78 is 16.8. The third-order valence-electron chi connectivity index (χ3n) is 4.72. The van der Waals surface area contributed by atoms with E-state index in [1.807, 2.05) is 72.8 Å². The van der Waals surface area contributed by atoms with E-state index in [0.29, 0.717) is 17.3 Å². The van der Waals surface area contributed by atoms with E-state index in [1.54, 1.807) is 25.4 Å². The molecular formula is C25H22N2O4. The van der Waals surface area contributed by atoms with E-state index in [-0.39, 0.29) is 18.3 Å². The molecule has 0 aliphatic carbocycles. The van der Waals surface area contributed by atoms with Gasteiger partial charge in [0.05, 0.1) is 18.8 Å². The van der Waals surface area contributed by atoms with Gasteiger partial charge in [-0.25, -0.2) is 0 Å². The van der Waals surface area contributed by atoms with Gasteiger partial charge in [-0.1, -0.05) is 48.5 Å². The summed E-state index contributed by atoms with van der Waals surface area (Å²) in [4.78, 5) is 17.3. The van der Waals surface area contributed by atoms with E-state index in [2.05, 4.69) is 10.3 Å². The number of carbonyl (C=O) groups excluding carboxylic acids is 1. The molecule has 0 bridgehead atoms. The Labute approximate surface area is 180 Å². The number of ether oxygens (including phenoxy) is 2. The Morgan fingerprint density at radius 3 is 2.42 bits per heavy atom. The van der Waals surface area contributed by atoms with Crippen LogP contribution in [0.3, 0.4) is 0 Å². The number of pyridine rings is 1. The molecule has 6 nitrogen and oxygen atoms in total. The minimum absolute atomic E-state index is 0.177. The molecule has 1 atom stereocenters. The zero-order valence-electron chi connectivity index (χ0n) is 17.0. The van der Waals surface area contributed by atoms with Gasteiger partial charge in [0.2, 0.25) is 0 Å². The van der Waals surface area contributed by atoms with Crippen molar-refractivity contribution in [2.75, 3.05) is 7.11 Å². The Balaban J connectivity index is 1.47. The summed E-state index contributed by atoms with van der Waals surface area (Å²) in [6.45, 7) is 0.177. The number of rotatable bonds is 8. The van der Waals surface area contributed by atoms with Gasteiger partial charge in [0.1, 0.15) is 12.4 Å². The van der Waals surface area contributed by atoms with Crippen molar-refractivity contribution in [2.45, 2.75) is 12.6 Å². The molecule has 2 aromatic carbocycles. The maximum Gasteiger partial charge on any atom is 0.287 e. The Kier molecular flexibility index (Phi) is 6.28. The molecule has 0 aliphatic rings. The predicted molar refractivity (Wildman–Crippen MR) is 116 cm³/mol. The lowest BCUT2D eigenvalue weighted by Crippen LogP contribution is -2.29. The zero-order chi connectivity index (χ0) is 21.5. The number of methoxy groups -OCH3 is 1. The topological polar surface area (TPSA) is 73.6 Å². The van der Waals surface area contributed by atoms with Crippen LogP contribution >= 0.6 is 0 Å². The summed E-state index contributed by atoms with van der Waals surface area (Å²) in [5.41, 5.74) is 1.68. The highest BCUT2D eigenvalue weighted by Gasteiger charge is 2.21. The molecule has 0 radical (unpaired) electrons. The van der Waals surface area contributed by atoms with Crippen molar-refractivity contribution >= 4 is 5.91 Å². The summed E-state index contributed by atoms with van der Waals surface area (Å²) in [6, 6.07) is 25.6. The van der Waals surface area contributed by atoms with Gasteiger partial charge in [-0.2, -0.15) is 0 Å². The summed E-state index contributed by atoms with van der Waals surface area (Å²) in [7, 11) is 1.59. The van der Waals surface area contributed by atoms with Crippen molar-refractivity contribution in [1.82, 2.24) is 10.3 Å². The Morgan fingerprint density at radius 1 is 0.935 bits per heavy atom. The van der Waals surface area contributed by atoms with Gasteiger partial charge in [-0.3, -0.25) is 9.78 Å². The fourth-order valence-electron chi connectivity index (χ4n) is 3.19. The third kappa shape index (κ3) is 4.93. The molecule has 31 heavy (non-hydrogen) atoms. The van der Waals surface area contributed by atoms with Crippen LogP contribution in [0.15, 0.2) is 95.5 Å². The Morgan fingerprint density at radius 2 is 1.68 bits per heavy atom. The van der Waals surface area contributed by atoms with E-state index in [9.17, 15) is 4.79 Å². The van der Waals surface area contributed by atoms with E-state index in [0.717, 1.165) is 11.3 Å². The maximum atomic E-state index is 12.9.